The van der Waals surface area contributed by atoms with Crippen LogP contribution in [0.5, 0.6) is 0 Å². The summed E-state index contributed by atoms with van der Waals surface area (Å²) < 4.78 is 7.08. The summed E-state index contributed by atoms with van der Waals surface area (Å²) in [5.41, 5.74) is 0.533. The monoisotopic (exact) mass is 289 g/mol. The normalized spacial score (nSPS) is 20.0. The zero-order valence-corrected chi connectivity index (χ0v) is 12.0. The molecule has 1 fully saturated rings. The van der Waals surface area contributed by atoms with Crippen molar-refractivity contribution in [3.63, 3.8) is 0 Å². The summed E-state index contributed by atoms with van der Waals surface area (Å²) in [6, 6.07) is 7.27. The highest BCUT2D eigenvalue weighted by Crippen LogP contribution is 2.07. The van der Waals surface area contributed by atoms with Gasteiger partial charge in [-0.05, 0) is 19.2 Å². The molecular weight excluding hydrogens is 270 g/mol. The van der Waals surface area contributed by atoms with Crippen molar-refractivity contribution in [3.8, 4) is 0 Å². The van der Waals surface area contributed by atoms with Gasteiger partial charge in [-0.3, -0.25) is 9.69 Å². The Kier molecular flexibility index (Phi) is 4.23. The zero-order valence-electron chi connectivity index (χ0n) is 12.0. The van der Waals surface area contributed by atoms with E-state index in [1.165, 1.54) is 4.68 Å². The molecule has 21 heavy (non-hydrogen) atoms. The molecule has 0 saturated carbocycles. The largest absolute Gasteiger partial charge is 0.374 e. The minimum atomic E-state index is -0.0998. The van der Waals surface area contributed by atoms with Gasteiger partial charge < -0.3 is 10.1 Å². The van der Waals surface area contributed by atoms with E-state index in [0.717, 1.165) is 19.6 Å². The van der Waals surface area contributed by atoms with Gasteiger partial charge in [0.2, 0.25) is 0 Å². The van der Waals surface area contributed by atoms with E-state index in [-0.39, 0.29) is 11.7 Å². The van der Waals surface area contributed by atoms with Gasteiger partial charge in [-0.15, -0.1) is 5.10 Å². The van der Waals surface area contributed by atoms with E-state index >= 15 is 0 Å². The number of nitrogens with one attached hydrogen (secondary N) is 1. The predicted octanol–water partition coefficient (Wildman–Crippen LogP) is -0.331. The van der Waals surface area contributed by atoms with Crippen molar-refractivity contribution in [2.45, 2.75) is 12.8 Å². The van der Waals surface area contributed by atoms with Gasteiger partial charge in [-0.25, -0.2) is 0 Å². The number of rotatable bonds is 4. The van der Waals surface area contributed by atoms with Crippen LogP contribution in [-0.2, 0) is 11.4 Å². The number of hydrogen-bond donors (Lipinski definition) is 1. The number of morpholine rings is 1. The van der Waals surface area contributed by atoms with E-state index in [1.807, 2.05) is 19.2 Å². The van der Waals surface area contributed by atoms with Crippen LogP contribution >= 0.6 is 0 Å². The van der Waals surface area contributed by atoms with Gasteiger partial charge in [-0.2, -0.15) is 4.68 Å². The van der Waals surface area contributed by atoms with Crippen molar-refractivity contribution in [1.29, 1.82) is 0 Å². The summed E-state index contributed by atoms with van der Waals surface area (Å²) in [6.07, 6.45) is 0.146. The average molecular weight is 289 g/mol. The van der Waals surface area contributed by atoms with Gasteiger partial charge in [0.05, 0.1) is 24.8 Å². The van der Waals surface area contributed by atoms with Crippen LogP contribution in [0, 0.1) is 0 Å². The fourth-order valence-electron chi connectivity index (χ4n) is 2.57. The van der Waals surface area contributed by atoms with Crippen LogP contribution in [0.25, 0.3) is 10.9 Å². The Bertz CT molecular complexity index is 670. The van der Waals surface area contributed by atoms with Crippen molar-refractivity contribution >= 4 is 10.9 Å². The standard InChI is InChI=1S/C14H19N5O2/c1-15-8-11-9-18(6-7-21-11)10-19-14(20)12-4-2-3-5-13(12)16-17-19/h2-5,11,15H,6-10H2,1H3. The molecule has 1 aliphatic rings. The summed E-state index contributed by atoms with van der Waals surface area (Å²) in [7, 11) is 1.90. The molecule has 7 nitrogen and oxygen atoms in total. The molecule has 1 aromatic heterocycles. The fourth-order valence-corrected chi connectivity index (χ4v) is 2.57. The molecule has 0 aliphatic carbocycles. The van der Waals surface area contributed by atoms with Crippen molar-refractivity contribution in [1.82, 2.24) is 25.2 Å². The molecule has 0 spiro atoms. The maximum Gasteiger partial charge on any atom is 0.278 e. The smallest absolute Gasteiger partial charge is 0.278 e. The summed E-state index contributed by atoms with van der Waals surface area (Å²) in [5.74, 6) is 0. The number of aromatic nitrogens is 3. The molecule has 1 atom stereocenters. The topological polar surface area (TPSA) is 72.3 Å². The molecule has 1 N–H and O–H groups in total. The molecule has 112 valence electrons. The van der Waals surface area contributed by atoms with Gasteiger partial charge in [0.1, 0.15) is 5.52 Å². The average Bonchev–Trinajstić information content (AvgIpc) is 2.51. The highest BCUT2D eigenvalue weighted by Gasteiger charge is 2.20. The number of hydrogen-bond acceptors (Lipinski definition) is 6. The van der Waals surface area contributed by atoms with Crippen molar-refractivity contribution in [2.24, 2.45) is 0 Å². The second-order valence-electron chi connectivity index (χ2n) is 5.18. The number of likely N-dealkylation sites (N-methyl/N-ethyl adjacent to an activating group) is 1. The minimum Gasteiger partial charge on any atom is -0.374 e. The van der Waals surface area contributed by atoms with E-state index in [9.17, 15) is 4.79 Å². The first-order valence-corrected chi connectivity index (χ1v) is 7.09. The lowest BCUT2D eigenvalue weighted by molar-refractivity contribution is -0.0386. The minimum absolute atomic E-state index is 0.0998. The molecule has 2 aromatic rings. The van der Waals surface area contributed by atoms with E-state index in [4.69, 9.17) is 4.74 Å². The molecule has 2 heterocycles. The molecule has 3 rings (SSSR count). The van der Waals surface area contributed by atoms with Crippen LogP contribution in [-0.4, -0.2) is 59.3 Å². The third kappa shape index (κ3) is 3.10. The number of ether oxygens (including phenoxy) is 1. The molecule has 7 heteroatoms. The van der Waals surface area contributed by atoms with E-state index < -0.39 is 0 Å². The Morgan fingerprint density at radius 3 is 3.14 bits per heavy atom. The van der Waals surface area contributed by atoms with Crippen LogP contribution in [0.2, 0.25) is 0 Å². The first kappa shape index (κ1) is 14.1. The maximum absolute atomic E-state index is 12.4. The molecule has 1 unspecified atom stereocenters. The number of fused-ring (bicyclic) bond motifs is 1. The molecule has 0 amide bonds. The molecule has 0 bridgehead atoms. The fraction of sp³-hybridized carbons (Fsp3) is 0.500. The summed E-state index contributed by atoms with van der Waals surface area (Å²) >= 11 is 0. The van der Waals surface area contributed by atoms with E-state index in [1.54, 1.807) is 12.1 Å². The van der Waals surface area contributed by atoms with Gasteiger partial charge in [0.25, 0.3) is 5.56 Å². The highest BCUT2D eigenvalue weighted by molar-refractivity contribution is 5.76. The number of nitrogens with zero attached hydrogens (tertiary/aromatic N) is 4. The molecule has 1 saturated heterocycles. The maximum atomic E-state index is 12.4. The third-order valence-electron chi connectivity index (χ3n) is 3.62. The van der Waals surface area contributed by atoms with Crippen LogP contribution in [0.1, 0.15) is 0 Å². The Hall–Kier alpha value is -1.83. The van der Waals surface area contributed by atoms with Gasteiger partial charge >= 0.3 is 0 Å². The second-order valence-corrected chi connectivity index (χ2v) is 5.18. The molecule has 0 radical (unpaired) electrons. The van der Waals surface area contributed by atoms with Gasteiger partial charge in [-0.1, -0.05) is 17.3 Å². The highest BCUT2D eigenvalue weighted by atomic mass is 16.5. The Labute approximate surface area is 122 Å². The second kappa shape index (κ2) is 6.30. The quantitative estimate of drug-likeness (QED) is 0.831. The Morgan fingerprint density at radius 2 is 2.29 bits per heavy atom. The lowest BCUT2D eigenvalue weighted by Gasteiger charge is -2.32. The van der Waals surface area contributed by atoms with Crippen LogP contribution in [0.15, 0.2) is 29.1 Å². The van der Waals surface area contributed by atoms with Gasteiger partial charge in [0.15, 0.2) is 0 Å². The van der Waals surface area contributed by atoms with Crippen LogP contribution in [0.3, 0.4) is 0 Å². The zero-order chi connectivity index (χ0) is 14.7. The lowest BCUT2D eigenvalue weighted by atomic mass is 10.2. The van der Waals surface area contributed by atoms with Crippen molar-refractivity contribution in [2.75, 3.05) is 33.3 Å². The number of benzene rings is 1. The van der Waals surface area contributed by atoms with E-state index in [0.29, 0.717) is 24.2 Å². The molecule has 1 aromatic carbocycles. The summed E-state index contributed by atoms with van der Waals surface area (Å²) in [6.45, 7) is 3.49. The van der Waals surface area contributed by atoms with Crippen LogP contribution < -0.4 is 10.9 Å². The van der Waals surface area contributed by atoms with Crippen molar-refractivity contribution < 1.29 is 4.74 Å². The SMILES string of the molecule is CNCC1CN(Cn2nnc3ccccc3c2=O)CCO1. The first-order chi connectivity index (χ1) is 10.3. The lowest BCUT2D eigenvalue weighted by Crippen LogP contribution is -2.48. The summed E-state index contributed by atoms with van der Waals surface area (Å²) in [5, 5.41) is 11.8. The molecule has 1 aliphatic heterocycles. The first-order valence-electron chi connectivity index (χ1n) is 7.09. The van der Waals surface area contributed by atoms with Crippen LogP contribution in [0.4, 0.5) is 0 Å². The van der Waals surface area contributed by atoms with Gasteiger partial charge in [0, 0.05) is 19.6 Å². The van der Waals surface area contributed by atoms with E-state index in [2.05, 4.69) is 20.5 Å². The Balaban J connectivity index is 1.78. The third-order valence-corrected chi connectivity index (χ3v) is 3.62. The molecular formula is C14H19N5O2. The van der Waals surface area contributed by atoms with Crippen molar-refractivity contribution in [3.05, 3.63) is 34.6 Å². The predicted molar refractivity (Wildman–Crippen MR) is 79.0 cm³/mol. The summed E-state index contributed by atoms with van der Waals surface area (Å²) in [4.78, 5) is 14.6. The Morgan fingerprint density at radius 1 is 1.43 bits per heavy atom.